The third-order valence-corrected chi connectivity index (χ3v) is 6.93. The van der Waals surface area contributed by atoms with E-state index >= 15 is 0 Å². The molecule has 0 saturated carbocycles. The van der Waals surface area contributed by atoms with Crippen molar-refractivity contribution in [1.82, 2.24) is 0 Å². The van der Waals surface area contributed by atoms with Crippen molar-refractivity contribution in [3.05, 3.63) is 59.4 Å². The molecule has 0 aliphatic rings. The molecule has 2 rings (SSSR count). The largest absolute Gasteiger partial charge is 0.292 e. The average molecular weight is 417 g/mol. The van der Waals surface area contributed by atoms with E-state index < -0.39 is 15.3 Å². The highest BCUT2D eigenvalue weighted by molar-refractivity contribution is 7.91. The lowest BCUT2D eigenvalue weighted by atomic mass is 9.87. The Kier molecular flexibility index (Phi) is 6.73. The third-order valence-electron chi connectivity index (χ3n) is 5.20. The maximum atomic E-state index is 12.8. The van der Waals surface area contributed by atoms with Crippen molar-refractivity contribution in [2.24, 2.45) is 5.41 Å². The molecule has 1 aromatic carbocycles. The van der Waals surface area contributed by atoms with Crippen molar-refractivity contribution >= 4 is 15.6 Å². The standard InChI is InChI=1S/C24H34NO3S/c1-18-8-9-19(16-25(18)17-22(26)24(5,6)7)14-15-29(27,28)21-12-10-20(11-13-21)23(2,3)4/h8-13,16H,14-15,17H2,1-7H3/q+1. The zero-order chi connectivity index (χ0) is 22.0. The van der Waals surface area contributed by atoms with E-state index in [1.807, 2.05) is 62.7 Å². The van der Waals surface area contributed by atoms with Crippen LogP contribution in [-0.2, 0) is 33.0 Å². The SMILES string of the molecule is Cc1ccc(CCS(=O)(=O)c2ccc(C(C)(C)C)cc2)c[n+]1CC(=O)C(C)(C)C. The molecule has 0 atom stereocenters. The Balaban J connectivity index is 2.14. The van der Waals surface area contributed by atoms with Crippen LogP contribution >= 0.6 is 0 Å². The number of ketones is 1. The summed E-state index contributed by atoms with van der Waals surface area (Å²) >= 11 is 0. The summed E-state index contributed by atoms with van der Waals surface area (Å²) < 4.78 is 27.4. The van der Waals surface area contributed by atoms with Crippen molar-refractivity contribution in [3.8, 4) is 0 Å². The first-order valence-corrected chi connectivity index (χ1v) is 11.7. The van der Waals surface area contributed by atoms with Gasteiger partial charge in [0.2, 0.25) is 12.3 Å². The molecule has 0 aliphatic carbocycles. The van der Waals surface area contributed by atoms with E-state index in [0.717, 1.165) is 16.8 Å². The lowest BCUT2D eigenvalue weighted by Crippen LogP contribution is -2.44. The Morgan fingerprint density at radius 2 is 1.52 bits per heavy atom. The van der Waals surface area contributed by atoms with Gasteiger partial charge in [0.1, 0.15) is 0 Å². The molecule has 0 N–H and O–H groups in total. The summed E-state index contributed by atoms with van der Waals surface area (Å²) in [4.78, 5) is 12.7. The molecule has 1 heterocycles. The first-order valence-electron chi connectivity index (χ1n) is 10.1. The number of sulfone groups is 1. The number of carbonyl (C=O) groups is 1. The molecule has 0 fully saturated rings. The maximum Gasteiger partial charge on any atom is 0.207 e. The number of aryl methyl sites for hydroxylation is 2. The number of nitrogens with zero attached hydrogens (tertiary/aromatic N) is 1. The van der Waals surface area contributed by atoms with E-state index in [-0.39, 0.29) is 17.0 Å². The minimum Gasteiger partial charge on any atom is -0.292 e. The molecule has 1 aromatic heterocycles. The summed E-state index contributed by atoms with van der Waals surface area (Å²) in [7, 11) is -3.37. The van der Waals surface area contributed by atoms with Crippen molar-refractivity contribution in [1.29, 1.82) is 0 Å². The van der Waals surface area contributed by atoms with Crippen LogP contribution in [0, 0.1) is 12.3 Å². The summed E-state index contributed by atoms with van der Waals surface area (Å²) in [6.07, 6.45) is 2.31. The number of rotatable bonds is 6. The summed E-state index contributed by atoms with van der Waals surface area (Å²) in [5.41, 5.74) is 2.58. The number of pyridine rings is 1. The number of aromatic nitrogens is 1. The fourth-order valence-corrected chi connectivity index (χ4v) is 4.20. The van der Waals surface area contributed by atoms with Gasteiger partial charge in [-0.15, -0.1) is 0 Å². The van der Waals surface area contributed by atoms with Crippen LogP contribution < -0.4 is 4.57 Å². The normalized spacial score (nSPS) is 12.8. The van der Waals surface area contributed by atoms with Gasteiger partial charge in [-0.1, -0.05) is 53.7 Å². The first-order chi connectivity index (χ1) is 13.2. The fourth-order valence-electron chi connectivity index (χ4n) is 2.91. The second-order valence-corrected chi connectivity index (χ2v) is 11.9. The second-order valence-electron chi connectivity index (χ2n) is 9.82. The van der Waals surface area contributed by atoms with Crippen molar-refractivity contribution < 1.29 is 17.8 Å². The maximum absolute atomic E-state index is 12.8. The average Bonchev–Trinajstić information content (AvgIpc) is 2.61. The molecule has 0 amide bonds. The zero-order valence-electron chi connectivity index (χ0n) is 18.7. The van der Waals surface area contributed by atoms with Crippen LogP contribution in [0.15, 0.2) is 47.5 Å². The van der Waals surface area contributed by atoms with Gasteiger partial charge in [0, 0.05) is 24.0 Å². The topological polar surface area (TPSA) is 55.1 Å². The van der Waals surface area contributed by atoms with Crippen LogP contribution in [0.3, 0.4) is 0 Å². The van der Waals surface area contributed by atoms with Crippen LogP contribution in [0.2, 0.25) is 0 Å². The highest BCUT2D eigenvalue weighted by Gasteiger charge is 2.26. The lowest BCUT2D eigenvalue weighted by Gasteiger charge is -2.19. The molecule has 4 nitrogen and oxygen atoms in total. The highest BCUT2D eigenvalue weighted by Crippen LogP contribution is 2.24. The van der Waals surface area contributed by atoms with Gasteiger partial charge >= 0.3 is 0 Å². The van der Waals surface area contributed by atoms with Crippen LogP contribution in [0.1, 0.15) is 58.4 Å². The van der Waals surface area contributed by atoms with E-state index in [0.29, 0.717) is 17.9 Å². The Labute approximate surface area is 175 Å². The minimum absolute atomic E-state index is 0.0116. The van der Waals surface area contributed by atoms with Crippen LogP contribution in [0.5, 0.6) is 0 Å². The Morgan fingerprint density at radius 3 is 2.03 bits per heavy atom. The van der Waals surface area contributed by atoms with Crippen molar-refractivity contribution in [2.75, 3.05) is 5.75 Å². The quantitative estimate of drug-likeness (QED) is 0.663. The Morgan fingerprint density at radius 1 is 0.931 bits per heavy atom. The molecule has 5 heteroatoms. The van der Waals surface area contributed by atoms with Crippen molar-refractivity contribution in [2.45, 2.75) is 71.7 Å². The summed E-state index contributed by atoms with van der Waals surface area (Å²) in [5.74, 6) is 0.187. The van der Waals surface area contributed by atoms with Gasteiger partial charge < -0.3 is 0 Å². The number of benzene rings is 1. The number of carbonyl (C=O) groups excluding carboxylic acids is 1. The lowest BCUT2D eigenvalue weighted by molar-refractivity contribution is -0.691. The molecule has 2 aromatic rings. The highest BCUT2D eigenvalue weighted by atomic mass is 32.2. The Bertz CT molecular complexity index is 976. The minimum atomic E-state index is -3.37. The molecular formula is C24H34NO3S+. The first kappa shape index (κ1) is 23.3. The molecular weight excluding hydrogens is 382 g/mol. The number of Topliss-reactive ketones (excluding diaryl/α,β-unsaturated/α-hetero) is 1. The zero-order valence-corrected chi connectivity index (χ0v) is 19.6. The van der Waals surface area contributed by atoms with E-state index in [1.54, 1.807) is 12.1 Å². The van der Waals surface area contributed by atoms with Crippen LogP contribution in [-0.4, -0.2) is 20.0 Å². The number of hydrogen-bond acceptors (Lipinski definition) is 3. The van der Waals surface area contributed by atoms with Gasteiger partial charge in [-0.25, -0.2) is 8.42 Å². The second kappa shape index (κ2) is 8.39. The molecule has 29 heavy (non-hydrogen) atoms. The van der Waals surface area contributed by atoms with Crippen LogP contribution in [0.25, 0.3) is 0 Å². The van der Waals surface area contributed by atoms with Crippen LogP contribution in [0.4, 0.5) is 0 Å². The summed E-state index contributed by atoms with van der Waals surface area (Å²) in [6, 6.07) is 11.1. The van der Waals surface area contributed by atoms with E-state index in [2.05, 4.69) is 20.8 Å². The summed E-state index contributed by atoms with van der Waals surface area (Å²) in [6.45, 7) is 14.3. The predicted octanol–water partition coefficient (Wildman–Crippen LogP) is 4.21. The van der Waals surface area contributed by atoms with Gasteiger partial charge in [-0.3, -0.25) is 4.79 Å². The van der Waals surface area contributed by atoms with Gasteiger partial charge in [-0.2, -0.15) is 4.57 Å². The monoisotopic (exact) mass is 416 g/mol. The fraction of sp³-hybridized carbons (Fsp3) is 0.500. The van der Waals surface area contributed by atoms with E-state index in [4.69, 9.17) is 0 Å². The molecule has 0 spiro atoms. The van der Waals surface area contributed by atoms with Gasteiger partial charge in [-0.05, 0) is 35.6 Å². The smallest absolute Gasteiger partial charge is 0.207 e. The molecule has 0 radical (unpaired) electrons. The van der Waals surface area contributed by atoms with E-state index in [9.17, 15) is 13.2 Å². The van der Waals surface area contributed by atoms with Gasteiger partial charge in [0.15, 0.2) is 21.7 Å². The molecule has 0 aliphatic heterocycles. The predicted molar refractivity (Wildman–Crippen MR) is 117 cm³/mol. The Hall–Kier alpha value is -2.01. The molecule has 0 saturated heterocycles. The molecule has 0 unspecified atom stereocenters. The van der Waals surface area contributed by atoms with Gasteiger partial charge in [0.05, 0.1) is 10.6 Å². The molecule has 158 valence electrons. The summed E-state index contributed by atoms with van der Waals surface area (Å²) in [5, 5.41) is 0. The number of hydrogen-bond donors (Lipinski definition) is 0. The third kappa shape index (κ3) is 6.23. The van der Waals surface area contributed by atoms with Gasteiger partial charge in [0.25, 0.3) is 0 Å². The van der Waals surface area contributed by atoms with Crippen molar-refractivity contribution in [3.63, 3.8) is 0 Å². The molecule has 0 bridgehead atoms. The van der Waals surface area contributed by atoms with E-state index in [1.165, 1.54) is 0 Å².